The number of halogens is 1. The number of nitrogens with zero attached hydrogens (tertiary/aromatic N) is 1. The van der Waals surface area contributed by atoms with E-state index < -0.39 is 0 Å². The van der Waals surface area contributed by atoms with E-state index in [9.17, 15) is 4.79 Å². The number of methoxy groups -OCH3 is 1. The van der Waals surface area contributed by atoms with E-state index in [4.69, 9.17) is 9.72 Å². The number of anilines is 1. The zero-order chi connectivity index (χ0) is 21.3. The van der Waals surface area contributed by atoms with Gasteiger partial charge in [0.1, 0.15) is 5.75 Å². The van der Waals surface area contributed by atoms with Gasteiger partial charge in [0.25, 0.3) is 5.91 Å². The van der Waals surface area contributed by atoms with Gasteiger partial charge in [-0.25, -0.2) is 4.98 Å². The predicted molar refractivity (Wildman–Crippen MR) is 125 cm³/mol. The van der Waals surface area contributed by atoms with Crippen LogP contribution < -0.4 is 10.1 Å². The van der Waals surface area contributed by atoms with Crippen LogP contribution in [0.4, 0.5) is 5.69 Å². The van der Waals surface area contributed by atoms with E-state index in [1.54, 1.807) is 7.11 Å². The first-order valence-electron chi connectivity index (χ1n) is 9.58. The summed E-state index contributed by atoms with van der Waals surface area (Å²) in [4.78, 5) is 18.1. The second kappa shape index (κ2) is 8.28. The lowest BCUT2D eigenvalue weighted by molar-refractivity contribution is 0.102. The van der Waals surface area contributed by atoms with Crippen LogP contribution in [0.5, 0.6) is 5.75 Å². The number of benzene rings is 3. The van der Waals surface area contributed by atoms with Crippen molar-refractivity contribution in [3.05, 3.63) is 87.9 Å². The number of aryl methyl sites for hydroxylation is 2. The molecule has 4 aromatic rings. The minimum absolute atomic E-state index is 0.168. The summed E-state index contributed by atoms with van der Waals surface area (Å²) in [7, 11) is 1.64. The molecular weight excluding hydrogens is 440 g/mol. The minimum atomic E-state index is -0.168. The third-order valence-corrected chi connectivity index (χ3v) is 5.49. The van der Waals surface area contributed by atoms with E-state index >= 15 is 0 Å². The first-order chi connectivity index (χ1) is 14.4. The fourth-order valence-electron chi connectivity index (χ4n) is 3.53. The van der Waals surface area contributed by atoms with E-state index in [1.807, 2.05) is 74.5 Å². The van der Waals surface area contributed by atoms with E-state index in [2.05, 4.69) is 27.3 Å². The van der Waals surface area contributed by atoms with Crippen LogP contribution in [0.3, 0.4) is 0 Å². The van der Waals surface area contributed by atoms with Crippen LogP contribution in [0.15, 0.2) is 71.2 Å². The van der Waals surface area contributed by atoms with Gasteiger partial charge >= 0.3 is 0 Å². The highest BCUT2D eigenvalue weighted by molar-refractivity contribution is 9.10. The Morgan fingerprint density at radius 2 is 1.77 bits per heavy atom. The van der Waals surface area contributed by atoms with Gasteiger partial charge in [-0.1, -0.05) is 39.7 Å². The highest BCUT2D eigenvalue weighted by Crippen LogP contribution is 2.30. The van der Waals surface area contributed by atoms with Gasteiger partial charge in [0.15, 0.2) is 0 Å². The number of amides is 1. The van der Waals surface area contributed by atoms with Crippen molar-refractivity contribution in [1.29, 1.82) is 0 Å². The van der Waals surface area contributed by atoms with Gasteiger partial charge in [-0.05, 0) is 67.9 Å². The number of carbonyl (C=O) groups is 1. The molecule has 1 amide bonds. The molecule has 0 aliphatic carbocycles. The van der Waals surface area contributed by atoms with Gasteiger partial charge in [0, 0.05) is 21.1 Å². The molecule has 0 aliphatic heterocycles. The largest absolute Gasteiger partial charge is 0.497 e. The van der Waals surface area contributed by atoms with E-state index in [-0.39, 0.29) is 5.91 Å². The van der Waals surface area contributed by atoms with Gasteiger partial charge < -0.3 is 10.1 Å². The first kappa shape index (κ1) is 20.1. The Balaban J connectivity index is 1.87. The molecule has 150 valence electrons. The van der Waals surface area contributed by atoms with Crippen molar-refractivity contribution in [3.63, 3.8) is 0 Å². The molecule has 1 aromatic heterocycles. The van der Waals surface area contributed by atoms with E-state index in [1.165, 1.54) is 0 Å². The molecule has 4 nitrogen and oxygen atoms in total. The van der Waals surface area contributed by atoms with Gasteiger partial charge in [-0.15, -0.1) is 0 Å². The topological polar surface area (TPSA) is 51.2 Å². The van der Waals surface area contributed by atoms with Crippen LogP contribution >= 0.6 is 15.9 Å². The summed E-state index contributed by atoms with van der Waals surface area (Å²) in [5, 5.41) is 3.85. The third-order valence-electron chi connectivity index (χ3n) is 4.96. The summed E-state index contributed by atoms with van der Waals surface area (Å²) in [6.45, 7) is 4.05. The van der Waals surface area contributed by atoms with Crippen LogP contribution in [0, 0.1) is 13.8 Å². The van der Waals surface area contributed by atoms with Crippen molar-refractivity contribution in [1.82, 2.24) is 4.98 Å². The maximum atomic E-state index is 13.3. The Morgan fingerprint density at radius 1 is 1.00 bits per heavy atom. The quantitative estimate of drug-likeness (QED) is 0.375. The predicted octanol–water partition coefficient (Wildman–Crippen LogP) is 6.54. The van der Waals surface area contributed by atoms with Gasteiger partial charge in [0.2, 0.25) is 0 Å². The Bertz CT molecular complexity index is 1250. The van der Waals surface area contributed by atoms with Crippen LogP contribution in [-0.2, 0) is 0 Å². The summed E-state index contributed by atoms with van der Waals surface area (Å²) in [6, 6.07) is 21.2. The number of rotatable bonds is 4. The van der Waals surface area contributed by atoms with E-state index in [0.29, 0.717) is 5.56 Å². The number of hydrogen-bond donors (Lipinski definition) is 1. The maximum Gasteiger partial charge on any atom is 0.256 e. The second-order valence-corrected chi connectivity index (χ2v) is 8.14. The highest BCUT2D eigenvalue weighted by atomic mass is 79.9. The average Bonchev–Trinajstić information content (AvgIpc) is 2.74. The lowest BCUT2D eigenvalue weighted by atomic mass is 9.99. The van der Waals surface area contributed by atoms with Crippen molar-refractivity contribution in [2.75, 3.05) is 12.4 Å². The number of carbonyl (C=O) groups excluding carboxylic acids is 1. The fourth-order valence-corrected chi connectivity index (χ4v) is 3.80. The van der Waals surface area contributed by atoms with Gasteiger partial charge in [-0.3, -0.25) is 4.79 Å². The van der Waals surface area contributed by atoms with Crippen molar-refractivity contribution >= 4 is 38.4 Å². The number of fused-ring (bicyclic) bond motifs is 1. The Morgan fingerprint density at radius 3 is 2.50 bits per heavy atom. The molecule has 1 N–H and O–H groups in total. The van der Waals surface area contributed by atoms with Crippen LogP contribution in [0.25, 0.3) is 22.2 Å². The maximum absolute atomic E-state index is 13.3. The molecule has 0 atom stereocenters. The minimum Gasteiger partial charge on any atom is -0.497 e. The molecule has 0 fully saturated rings. The lowest BCUT2D eigenvalue weighted by Gasteiger charge is -2.13. The van der Waals surface area contributed by atoms with Crippen molar-refractivity contribution in [2.24, 2.45) is 0 Å². The standard InChI is InChI=1S/C25H21BrN2O2/c1-15-11-16(2)24-21(12-15)22(25(29)27-19-9-7-18(26)8-10-19)14-23(28-24)17-5-4-6-20(13-17)30-3/h4-14H,1-3H3,(H,27,29). The fraction of sp³-hybridized carbons (Fsp3) is 0.120. The number of aromatic nitrogens is 1. The number of ether oxygens (including phenoxy) is 1. The average molecular weight is 461 g/mol. The molecule has 0 aliphatic rings. The smallest absolute Gasteiger partial charge is 0.256 e. The van der Waals surface area contributed by atoms with Gasteiger partial charge in [0.05, 0.1) is 23.9 Å². The molecule has 0 radical (unpaired) electrons. The molecule has 0 bridgehead atoms. The summed E-state index contributed by atoms with van der Waals surface area (Å²) >= 11 is 3.42. The first-order valence-corrected chi connectivity index (χ1v) is 10.4. The Hall–Kier alpha value is -3.18. The van der Waals surface area contributed by atoms with Crippen molar-refractivity contribution in [3.8, 4) is 17.0 Å². The van der Waals surface area contributed by atoms with Crippen LogP contribution in [-0.4, -0.2) is 18.0 Å². The Kier molecular flexibility index (Phi) is 5.55. The zero-order valence-corrected chi connectivity index (χ0v) is 18.6. The number of hydrogen-bond acceptors (Lipinski definition) is 3. The molecule has 0 unspecified atom stereocenters. The molecule has 0 saturated heterocycles. The molecular formula is C25H21BrN2O2. The zero-order valence-electron chi connectivity index (χ0n) is 17.0. The molecule has 4 rings (SSSR count). The Labute approximate surface area is 184 Å². The summed E-state index contributed by atoms with van der Waals surface area (Å²) in [6.07, 6.45) is 0. The monoisotopic (exact) mass is 460 g/mol. The number of pyridine rings is 1. The molecule has 30 heavy (non-hydrogen) atoms. The second-order valence-electron chi connectivity index (χ2n) is 7.23. The SMILES string of the molecule is COc1cccc(-c2cc(C(=O)Nc3ccc(Br)cc3)c3cc(C)cc(C)c3n2)c1. The molecule has 3 aromatic carbocycles. The van der Waals surface area contributed by atoms with E-state index in [0.717, 1.165) is 49.2 Å². The summed E-state index contributed by atoms with van der Waals surface area (Å²) < 4.78 is 6.32. The molecule has 0 saturated carbocycles. The lowest BCUT2D eigenvalue weighted by Crippen LogP contribution is -2.13. The van der Waals surface area contributed by atoms with Crippen LogP contribution in [0.2, 0.25) is 0 Å². The van der Waals surface area contributed by atoms with Crippen molar-refractivity contribution < 1.29 is 9.53 Å². The molecule has 1 heterocycles. The van der Waals surface area contributed by atoms with Crippen LogP contribution in [0.1, 0.15) is 21.5 Å². The molecule has 0 spiro atoms. The molecule has 5 heteroatoms. The summed E-state index contributed by atoms with van der Waals surface area (Å²) in [5.74, 6) is 0.578. The highest BCUT2D eigenvalue weighted by Gasteiger charge is 2.16. The van der Waals surface area contributed by atoms with Gasteiger partial charge in [-0.2, -0.15) is 0 Å². The normalized spacial score (nSPS) is 10.8. The number of nitrogens with one attached hydrogen (secondary N) is 1. The summed E-state index contributed by atoms with van der Waals surface area (Å²) in [5.41, 5.74) is 5.90. The van der Waals surface area contributed by atoms with Crippen molar-refractivity contribution in [2.45, 2.75) is 13.8 Å². The third kappa shape index (κ3) is 4.07.